The number of hydrazone groups is 1. The minimum Gasteiger partial charge on any atom is -0.323 e. The Morgan fingerprint density at radius 3 is 2.19 bits per heavy atom. The molecule has 0 saturated heterocycles. The van der Waals surface area contributed by atoms with Crippen LogP contribution in [0.3, 0.4) is 0 Å². The highest BCUT2D eigenvalue weighted by Crippen LogP contribution is 2.32. The van der Waals surface area contributed by atoms with Crippen molar-refractivity contribution < 1.29 is 0 Å². The Balaban J connectivity index is 2.30. The van der Waals surface area contributed by atoms with Gasteiger partial charge in [-0.1, -0.05) is 60.7 Å². The summed E-state index contributed by atoms with van der Waals surface area (Å²) in [7, 11) is 0. The number of rotatable bonds is 1. The molecule has 0 aliphatic heterocycles. The zero-order chi connectivity index (χ0) is 14.2. The Hall–Kier alpha value is -2.87. The standard InChI is InChI=1S/C19H14N2/c20-21-12-19-16-8-4-2-6-14(16)11-18-15-7-3-1-5-13(15)9-10-17(18)19/h1-12H,20H2. The third-order valence-electron chi connectivity index (χ3n) is 4.02. The maximum absolute atomic E-state index is 5.42. The van der Waals surface area contributed by atoms with Crippen molar-refractivity contribution in [3.8, 4) is 0 Å². The minimum absolute atomic E-state index is 1.08. The van der Waals surface area contributed by atoms with E-state index in [4.69, 9.17) is 5.84 Å². The molecule has 0 atom stereocenters. The summed E-state index contributed by atoms with van der Waals surface area (Å²) in [5, 5.41) is 11.1. The van der Waals surface area contributed by atoms with E-state index in [0.29, 0.717) is 0 Å². The second-order valence-electron chi connectivity index (χ2n) is 5.17. The molecule has 0 aliphatic rings. The van der Waals surface area contributed by atoms with Gasteiger partial charge in [0.15, 0.2) is 0 Å². The number of fused-ring (bicyclic) bond motifs is 4. The summed E-state index contributed by atoms with van der Waals surface area (Å²) in [5.41, 5.74) is 1.08. The highest BCUT2D eigenvalue weighted by atomic mass is 15.1. The monoisotopic (exact) mass is 270 g/mol. The van der Waals surface area contributed by atoms with E-state index < -0.39 is 0 Å². The van der Waals surface area contributed by atoms with Gasteiger partial charge in [0.1, 0.15) is 0 Å². The van der Waals surface area contributed by atoms with Gasteiger partial charge in [0.2, 0.25) is 0 Å². The van der Waals surface area contributed by atoms with Crippen LogP contribution in [0.2, 0.25) is 0 Å². The van der Waals surface area contributed by atoms with Crippen molar-refractivity contribution in [2.75, 3.05) is 0 Å². The van der Waals surface area contributed by atoms with Crippen LogP contribution in [0.25, 0.3) is 32.3 Å². The fraction of sp³-hybridized carbons (Fsp3) is 0. The molecule has 0 amide bonds. The van der Waals surface area contributed by atoms with Crippen LogP contribution in [0.1, 0.15) is 5.56 Å². The lowest BCUT2D eigenvalue weighted by atomic mass is 9.94. The highest BCUT2D eigenvalue weighted by molar-refractivity contribution is 6.19. The molecule has 2 heteroatoms. The number of hydrogen-bond donors (Lipinski definition) is 1. The zero-order valence-electron chi connectivity index (χ0n) is 11.5. The molecular formula is C19H14N2. The van der Waals surface area contributed by atoms with E-state index >= 15 is 0 Å². The molecule has 0 fully saturated rings. The van der Waals surface area contributed by atoms with E-state index in [0.717, 1.165) is 5.56 Å². The number of benzene rings is 4. The van der Waals surface area contributed by atoms with Crippen LogP contribution in [-0.4, -0.2) is 6.21 Å². The van der Waals surface area contributed by atoms with Crippen molar-refractivity contribution >= 4 is 38.5 Å². The molecule has 0 heterocycles. The maximum atomic E-state index is 5.42. The predicted octanol–water partition coefficient (Wildman–Crippen LogP) is 4.44. The van der Waals surface area contributed by atoms with E-state index in [1.165, 1.54) is 32.3 Å². The Bertz CT molecular complexity index is 1000. The Labute approximate surface area is 122 Å². The van der Waals surface area contributed by atoms with Crippen LogP contribution in [0.5, 0.6) is 0 Å². The Morgan fingerprint density at radius 1 is 0.667 bits per heavy atom. The fourth-order valence-corrected chi connectivity index (χ4v) is 3.07. The quantitative estimate of drug-likeness (QED) is 0.179. The van der Waals surface area contributed by atoms with Gasteiger partial charge in [0, 0.05) is 5.56 Å². The summed E-state index contributed by atoms with van der Waals surface area (Å²) in [4.78, 5) is 0. The number of nitrogens with two attached hydrogens (primary N) is 1. The largest absolute Gasteiger partial charge is 0.323 e. The van der Waals surface area contributed by atoms with Crippen molar-refractivity contribution in [3.05, 3.63) is 72.3 Å². The molecule has 0 aliphatic carbocycles. The Morgan fingerprint density at radius 2 is 1.38 bits per heavy atom. The van der Waals surface area contributed by atoms with Crippen LogP contribution in [0.4, 0.5) is 0 Å². The molecule has 0 unspecified atom stereocenters. The van der Waals surface area contributed by atoms with Gasteiger partial charge in [-0.05, 0) is 38.4 Å². The lowest BCUT2D eigenvalue weighted by Crippen LogP contribution is -1.91. The zero-order valence-corrected chi connectivity index (χ0v) is 11.5. The van der Waals surface area contributed by atoms with Crippen LogP contribution < -0.4 is 5.84 Å². The topological polar surface area (TPSA) is 38.4 Å². The van der Waals surface area contributed by atoms with Crippen LogP contribution in [-0.2, 0) is 0 Å². The van der Waals surface area contributed by atoms with Gasteiger partial charge in [0.05, 0.1) is 6.21 Å². The molecule has 4 rings (SSSR count). The summed E-state index contributed by atoms with van der Waals surface area (Å²) < 4.78 is 0. The third kappa shape index (κ3) is 1.77. The molecule has 100 valence electrons. The summed E-state index contributed by atoms with van der Waals surface area (Å²) in [5.74, 6) is 5.42. The van der Waals surface area contributed by atoms with Gasteiger partial charge in [-0.25, -0.2) is 0 Å². The van der Waals surface area contributed by atoms with E-state index in [1.807, 2.05) is 6.07 Å². The molecule has 0 radical (unpaired) electrons. The van der Waals surface area contributed by atoms with Crippen LogP contribution in [0, 0.1) is 0 Å². The van der Waals surface area contributed by atoms with Gasteiger partial charge in [-0.15, -0.1) is 0 Å². The van der Waals surface area contributed by atoms with E-state index in [-0.39, 0.29) is 0 Å². The van der Waals surface area contributed by atoms with Gasteiger partial charge in [-0.2, -0.15) is 5.10 Å². The van der Waals surface area contributed by atoms with E-state index in [1.54, 1.807) is 6.21 Å². The average molecular weight is 270 g/mol. The van der Waals surface area contributed by atoms with E-state index in [9.17, 15) is 0 Å². The molecule has 4 aromatic carbocycles. The summed E-state index contributed by atoms with van der Waals surface area (Å²) in [6.07, 6.45) is 1.75. The first-order valence-electron chi connectivity index (χ1n) is 6.95. The summed E-state index contributed by atoms with van der Waals surface area (Å²) >= 11 is 0. The van der Waals surface area contributed by atoms with Gasteiger partial charge >= 0.3 is 0 Å². The second-order valence-corrected chi connectivity index (χ2v) is 5.17. The SMILES string of the molecule is NN=Cc1c2ccccc2cc2c1ccc1ccccc12. The van der Waals surface area contributed by atoms with Crippen molar-refractivity contribution in [1.29, 1.82) is 0 Å². The average Bonchev–Trinajstić information content (AvgIpc) is 2.55. The molecule has 4 aromatic rings. The van der Waals surface area contributed by atoms with Gasteiger partial charge in [0.25, 0.3) is 0 Å². The lowest BCUT2D eigenvalue weighted by Gasteiger charge is -2.10. The molecule has 21 heavy (non-hydrogen) atoms. The summed E-state index contributed by atoms with van der Waals surface area (Å²) in [6.45, 7) is 0. The predicted molar refractivity (Wildman–Crippen MR) is 90.7 cm³/mol. The molecule has 0 aromatic heterocycles. The first-order valence-corrected chi connectivity index (χ1v) is 6.95. The van der Waals surface area contributed by atoms with Gasteiger partial charge < -0.3 is 5.84 Å². The maximum Gasteiger partial charge on any atom is 0.0550 e. The number of nitrogens with zero attached hydrogens (tertiary/aromatic N) is 1. The van der Waals surface area contributed by atoms with Crippen LogP contribution in [0.15, 0.2) is 71.8 Å². The van der Waals surface area contributed by atoms with Gasteiger partial charge in [-0.3, -0.25) is 0 Å². The number of hydrogen-bond acceptors (Lipinski definition) is 2. The third-order valence-corrected chi connectivity index (χ3v) is 4.02. The molecule has 0 bridgehead atoms. The molecule has 0 spiro atoms. The lowest BCUT2D eigenvalue weighted by molar-refractivity contribution is 1.27. The van der Waals surface area contributed by atoms with Crippen molar-refractivity contribution in [3.63, 3.8) is 0 Å². The van der Waals surface area contributed by atoms with Crippen LogP contribution >= 0.6 is 0 Å². The minimum atomic E-state index is 1.08. The molecule has 0 saturated carbocycles. The van der Waals surface area contributed by atoms with E-state index in [2.05, 4.69) is 65.8 Å². The first kappa shape index (κ1) is 11.9. The molecule has 2 N–H and O–H groups in total. The van der Waals surface area contributed by atoms with Crippen molar-refractivity contribution in [2.45, 2.75) is 0 Å². The molecular weight excluding hydrogens is 256 g/mol. The first-order chi connectivity index (χ1) is 10.4. The van der Waals surface area contributed by atoms with Crippen molar-refractivity contribution in [2.24, 2.45) is 10.9 Å². The highest BCUT2D eigenvalue weighted by Gasteiger charge is 2.08. The molecule has 2 nitrogen and oxygen atoms in total. The Kier molecular flexibility index (Phi) is 2.61. The van der Waals surface area contributed by atoms with Crippen molar-refractivity contribution in [1.82, 2.24) is 0 Å². The summed E-state index contributed by atoms with van der Waals surface area (Å²) in [6, 6.07) is 23.3. The fourth-order valence-electron chi connectivity index (χ4n) is 3.07. The smallest absolute Gasteiger partial charge is 0.0550 e. The normalized spacial score (nSPS) is 11.8. The second kappa shape index (κ2) is 4.60.